The van der Waals surface area contributed by atoms with E-state index in [0.29, 0.717) is 18.0 Å². The average molecular weight is 445 g/mol. The Balaban J connectivity index is 2.98. The maximum absolute atomic E-state index is 12.5. The number of hydrogen-bond donors (Lipinski definition) is 0. The topological polar surface area (TPSA) is 20.3 Å². The van der Waals surface area contributed by atoms with E-state index in [1.54, 1.807) is 0 Å². The van der Waals surface area contributed by atoms with Crippen LogP contribution in [0, 0.1) is 3.57 Å². The Morgan fingerprint density at radius 1 is 1.50 bits per heavy atom. The van der Waals surface area contributed by atoms with Gasteiger partial charge in [0.15, 0.2) is 0 Å². The fourth-order valence-corrected chi connectivity index (χ4v) is 2.67. The monoisotopic (exact) mass is 443 g/mol. The van der Waals surface area contributed by atoms with Crippen LogP contribution in [0.1, 0.15) is 30.6 Å². The van der Waals surface area contributed by atoms with Gasteiger partial charge in [0.05, 0.1) is 5.56 Å². The van der Waals surface area contributed by atoms with E-state index >= 15 is 0 Å². The minimum atomic E-state index is 0.0560. The zero-order valence-corrected chi connectivity index (χ0v) is 14.9. The van der Waals surface area contributed by atoms with Crippen molar-refractivity contribution >= 4 is 56.0 Å². The number of carbonyl (C=O) groups is 1. The van der Waals surface area contributed by atoms with Gasteiger partial charge in [0, 0.05) is 26.5 Å². The number of carbonyl (C=O) groups excluding carboxylic acids is 1. The summed E-state index contributed by atoms with van der Waals surface area (Å²) in [6, 6.07) is 5.96. The Kier molecular flexibility index (Phi) is 6.95. The van der Waals surface area contributed by atoms with E-state index in [9.17, 15) is 4.79 Å². The molecule has 100 valence electrons. The predicted molar refractivity (Wildman–Crippen MR) is 88.4 cm³/mol. The first kappa shape index (κ1) is 16.2. The van der Waals surface area contributed by atoms with Gasteiger partial charge >= 0.3 is 0 Å². The summed E-state index contributed by atoms with van der Waals surface area (Å²) < 4.78 is 1.89. The summed E-state index contributed by atoms with van der Waals surface area (Å²) in [7, 11) is 0. The number of benzene rings is 1. The smallest absolute Gasteiger partial charge is 0.255 e. The van der Waals surface area contributed by atoms with Gasteiger partial charge in [-0.05, 0) is 77.0 Å². The minimum absolute atomic E-state index is 0.0560. The molecule has 0 aliphatic rings. The molecule has 0 spiro atoms. The fourth-order valence-electron chi connectivity index (χ4n) is 1.64. The Hall–Kier alpha value is 0.190. The highest BCUT2D eigenvalue weighted by atomic mass is 127. The van der Waals surface area contributed by atoms with Crippen molar-refractivity contribution in [3.8, 4) is 0 Å². The number of halogens is 3. The van der Waals surface area contributed by atoms with Crippen molar-refractivity contribution in [2.45, 2.75) is 26.3 Å². The Bertz CT molecular complexity index is 425. The van der Waals surface area contributed by atoms with Gasteiger partial charge in [-0.1, -0.05) is 0 Å². The summed E-state index contributed by atoms with van der Waals surface area (Å²) in [5, 5.41) is 0. The van der Waals surface area contributed by atoms with Crippen LogP contribution in [0.3, 0.4) is 0 Å². The molecule has 0 aliphatic carbocycles. The third-order valence-electron chi connectivity index (χ3n) is 2.58. The average Bonchev–Trinajstić information content (AvgIpc) is 2.32. The molecule has 0 N–H and O–H groups in total. The summed E-state index contributed by atoms with van der Waals surface area (Å²) in [4.78, 5) is 14.4. The molecular formula is C13H16BrClINO. The van der Waals surface area contributed by atoms with Gasteiger partial charge in [-0.25, -0.2) is 0 Å². The quantitative estimate of drug-likeness (QED) is 0.483. The van der Waals surface area contributed by atoms with Gasteiger partial charge in [-0.3, -0.25) is 4.79 Å². The molecule has 0 aromatic heterocycles. The Morgan fingerprint density at radius 2 is 2.17 bits per heavy atom. The maximum Gasteiger partial charge on any atom is 0.255 e. The Labute approximate surface area is 135 Å². The third-order valence-corrected chi connectivity index (χ3v) is 4.21. The largest absolute Gasteiger partial charge is 0.336 e. The molecule has 18 heavy (non-hydrogen) atoms. The molecule has 0 bridgehead atoms. The summed E-state index contributed by atoms with van der Waals surface area (Å²) >= 11 is 11.4. The van der Waals surface area contributed by atoms with Crippen LogP contribution < -0.4 is 0 Å². The van der Waals surface area contributed by atoms with Gasteiger partial charge in [-0.2, -0.15) is 0 Å². The van der Waals surface area contributed by atoms with Crippen LogP contribution in [-0.4, -0.2) is 29.3 Å². The van der Waals surface area contributed by atoms with Crippen molar-refractivity contribution < 1.29 is 4.79 Å². The Morgan fingerprint density at radius 3 is 2.72 bits per heavy atom. The van der Waals surface area contributed by atoms with Crippen molar-refractivity contribution in [1.82, 2.24) is 4.90 Å². The standard InChI is InChI=1S/C13H16BrClINO/c1-9(2)17(7-3-6-15)13(18)11-8-10(16)4-5-12(11)14/h4-5,8-9H,3,6-7H2,1-2H3. The normalized spacial score (nSPS) is 10.8. The molecule has 0 aliphatic heterocycles. The van der Waals surface area contributed by atoms with Crippen LogP contribution in [0.2, 0.25) is 0 Å². The first-order valence-corrected chi connectivity index (χ1v) is 8.20. The molecule has 1 aromatic rings. The molecule has 0 saturated heterocycles. The van der Waals surface area contributed by atoms with Crippen molar-refractivity contribution in [2.24, 2.45) is 0 Å². The third kappa shape index (κ3) is 4.38. The van der Waals surface area contributed by atoms with Crippen LogP contribution in [0.25, 0.3) is 0 Å². The molecule has 1 rings (SSSR count). The highest BCUT2D eigenvalue weighted by Gasteiger charge is 2.20. The van der Waals surface area contributed by atoms with Crippen LogP contribution in [0.15, 0.2) is 22.7 Å². The lowest BCUT2D eigenvalue weighted by Crippen LogP contribution is -2.38. The van der Waals surface area contributed by atoms with E-state index in [4.69, 9.17) is 11.6 Å². The first-order chi connectivity index (χ1) is 8.47. The molecule has 0 saturated carbocycles. The van der Waals surface area contributed by atoms with E-state index in [1.807, 2.05) is 36.9 Å². The van der Waals surface area contributed by atoms with Crippen molar-refractivity contribution in [3.63, 3.8) is 0 Å². The molecular weight excluding hydrogens is 428 g/mol. The van der Waals surface area contributed by atoms with Gasteiger partial charge < -0.3 is 4.90 Å². The molecule has 5 heteroatoms. The molecule has 0 atom stereocenters. The summed E-state index contributed by atoms with van der Waals surface area (Å²) in [6.07, 6.45) is 0.813. The highest BCUT2D eigenvalue weighted by molar-refractivity contribution is 14.1. The van der Waals surface area contributed by atoms with Gasteiger partial charge in [-0.15, -0.1) is 11.6 Å². The summed E-state index contributed by atoms with van der Waals surface area (Å²) in [5.41, 5.74) is 0.713. The van der Waals surface area contributed by atoms with Crippen molar-refractivity contribution in [3.05, 3.63) is 31.8 Å². The SMILES string of the molecule is CC(C)N(CCCCl)C(=O)c1cc(I)ccc1Br. The minimum Gasteiger partial charge on any atom is -0.336 e. The van der Waals surface area contributed by atoms with Crippen LogP contribution >= 0.6 is 50.1 Å². The van der Waals surface area contributed by atoms with Crippen LogP contribution in [0.5, 0.6) is 0 Å². The zero-order valence-electron chi connectivity index (χ0n) is 10.4. The van der Waals surface area contributed by atoms with Crippen molar-refractivity contribution in [1.29, 1.82) is 0 Å². The highest BCUT2D eigenvalue weighted by Crippen LogP contribution is 2.22. The number of hydrogen-bond acceptors (Lipinski definition) is 1. The molecule has 0 heterocycles. The maximum atomic E-state index is 12.5. The van der Waals surface area contributed by atoms with Gasteiger partial charge in [0.1, 0.15) is 0 Å². The lowest BCUT2D eigenvalue weighted by molar-refractivity contribution is 0.0705. The van der Waals surface area contributed by atoms with Gasteiger partial charge in [0.2, 0.25) is 0 Å². The second-order valence-corrected chi connectivity index (χ2v) is 6.74. The van der Waals surface area contributed by atoms with Crippen LogP contribution in [-0.2, 0) is 0 Å². The molecule has 0 unspecified atom stereocenters. The number of nitrogens with zero attached hydrogens (tertiary/aromatic N) is 1. The molecule has 2 nitrogen and oxygen atoms in total. The molecule has 1 aromatic carbocycles. The first-order valence-electron chi connectivity index (χ1n) is 5.79. The predicted octanol–water partition coefficient (Wildman–Crippen LogP) is 4.53. The van der Waals surface area contributed by atoms with E-state index < -0.39 is 0 Å². The van der Waals surface area contributed by atoms with E-state index in [0.717, 1.165) is 14.5 Å². The summed E-state index contributed by atoms with van der Waals surface area (Å²) in [6.45, 7) is 4.74. The fraction of sp³-hybridized carbons (Fsp3) is 0.462. The van der Waals surface area contributed by atoms with E-state index in [-0.39, 0.29) is 11.9 Å². The number of alkyl halides is 1. The molecule has 0 radical (unpaired) electrons. The summed E-state index contributed by atoms with van der Waals surface area (Å²) in [5.74, 6) is 0.629. The van der Waals surface area contributed by atoms with Gasteiger partial charge in [0.25, 0.3) is 5.91 Å². The zero-order chi connectivity index (χ0) is 13.7. The second-order valence-electron chi connectivity index (χ2n) is 4.26. The van der Waals surface area contributed by atoms with E-state index in [2.05, 4.69) is 38.5 Å². The van der Waals surface area contributed by atoms with Crippen molar-refractivity contribution in [2.75, 3.05) is 12.4 Å². The molecule has 1 amide bonds. The lowest BCUT2D eigenvalue weighted by atomic mass is 10.1. The lowest BCUT2D eigenvalue weighted by Gasteiger charge is -2.27. The van der Waals surface area contributed by atoms with Crippen LogP contribution in [0.4, 0.5) is 0 Å². The molecule has 0 fully saturated rings. The number of amides is 1. The second kappa shape index (κ2) is 7.70. The number of rotatable bonds is 5. The van der Waals surface area contributed by atoms with E-state index in [1.165, 1.54) is 0 Å².